The quantitative estimate of drug-likeness (QED) is 0.578. The molecule has 0 saturated carbocycles. The average Bonchev–Trinajstić information content (AvgIpc) is 3.16. The molecule has 0 aliphatic heterocycles. The summed E-state index contributed by atoms with van der Waals surface area (Å²) in [6.45, 7) is 4.12. The Balaban J connectivity index is 1.56. The van der Waals surface area contributed by atoms with E-state index in [4.69, 9.17) is 4.74 Å². The standard InChI is InChI=1S/C20H24N2O4S2/c1-14-5-6-17(15(2)10-14)22-19(24)12-27-13-20(25)26-11-18(23)21-8-7-16-4-3-9-28-16/h3-6,9-10H,7-8,11-13H2,1-2H3,(H,21,23)(H,22,24). The zero-order valence-electron chi connectivity index (χ0n) is 15.9. The lowest BCUT2D eigenvalue weighted by atomic mass is 10.1. The molecule has 0 saturated heterocycles. The molecule has 0 fully saturated rings. The summed E-state index contributed by atoms with van der Waals surface area (Å²) in [5.74, 6) is -0.880. The molecule has 1 heterocycles. The van der Waals surface area contributed by atoms with Gasteiger partial charge >= 0.3 is 5.97 Å². The smallest absolute Gasteiger partial charge is 0.316 e. The molecule has 2 amide bonds. The number of benzene rings is 1. The minimum absolute atomic E-state index is 0.0166. The van der Waals surface area contributed by atoms with Crippen LogP contribution in [0.1, 0.15) is 16.0 Å². The Bertz CT molecular complexity index is 807. The summed E-state index contributed by atoms with van der Waals surface area (Å²) in [5, 5.41) is 7.51. The molecule has 0 aliphatic carbocycles. The van der Waals surface area contributed by atoms with Crippen LogP contribution in [-0.4, -0.2) is 42.4 Å². The maximum Gasteiger partial charge on any atom is 0.316 e. The number of hydrogen-bond donors (Lipinski definition) is 2. The number of anilines is 1. The van der Waals surface area contributed by atoms with Crippen LogP contribution in [0.15, 0.2) is 35.7 Å². The van der Waals surface area contributed by atoms with Crippen molar-refractivity contribution in [2.24, 2.45) is 0 Å². The first kappa shape index (κ1) is 22.0. The van der Waals surface area contributed by atoms with E-state index < -0.39 is 5.97 Å². The third-order valence-electron chi connectivity index (χ3n) is 3.75. The summed E-state index contributed by atoms with van der Waals surface area (Å²) in [5.41, 5.74) is 2.88. The van der Waals surface area contributed by atoms with E-state index in [1.165, 1.54) is 4.88 Å². The molecule has 2 aromatic rings. The van der Waals surface area contributed by atoms with Crippen molar-refractivity contribution in [2.45, 2.75) is 20.3 Å². The van der Waals surface area contributed by atoms with Gasteiger partial charge in [0, 0.05) is 17.1 Å². The molecular weight excluding hydrogens is 396 g/mol. The second-order valence-corrected chi connectivity index (χ2v) is 8.22. The van der Waals surface area contributed by atoms with Gasteiger partial charge in [0.1, 0.15) is 0 Å². The number of thioether (sulfide) groups is 1. The van der Waals surface area contributed by atoms with Gasteiger partial charge in [0.2, 0.25) is 5.91 Å². The van der Waals surface area contributed by atoms with Gasteiger partial charge < -0.3 is 15.4 Å². The van der Waals surface area contributed by atoms with Gasteiger partial charge in [-0.2, -0.15) is 0 Å². The summed E-state index contributed by atoms with van der Waals surface area (Å²) in [4.78, 5) is 36.5. The van der Waals surface area contributed by atoms with Crippen LogP contribution in [0.2, 0.25) is 0 Å². The molecule has 28 heavy (non-hydrogen) atoms. The normalized spacial score (nSPS) is 10.4. The molecule has 2 rings (SSSR count). The van der Waals surface area contributed by atoms with Gasteiger partial charge in [-0.25, -0.2) is 0 Å². The fraction of sp³-hybridized carbons (Fsp3) is 0.350. The Labute approximate surface area is 173 Å². The molecule has 0 atom stereocenters. The van der Waals surface area contributed by atoms with Gasteiger partial charge in [0.25, 0.3) is 5.91 Å². The van der Waals surface area contributed by atoms with E-state index in [-0.39, 0.29) is 29.9 Å². The highest BCUT2D eigenvalue weighted by Gasteiger charge is 2.10. The van der Waals surface area contributed by atoms with E-state index in [1.54, 1.807) is 11.3 Å². The zero-order chi connectivity index (χ0) is 20.4. The monoisotopic (exact) mass is 420 g/mol. The first-order valence-electron chi connectivity index (χ1n) is 8.83. The fourth-order valence-corrected chi connectivity index (χ4v) is 3.70. The molecule has 8 heteroatoms. The highest BCUT2D eigenvalue weighted by Crippen LogP contribution is 2.16. The number of amides is 2. The molecule has 0 radical (unpaired) electrons. The molecule has 0 bridgehead atoms. The third kappa shape index (κ3) is 8.14. The van der Waals surface area contributed by atoms with Crippen LogP contribution < -0.4 is 10.6 Å². The minimum atomic E-state index is -0.516. The number of carbonyl (C=O) groups excluding carboxylic acids is 3. The SMILES string of the molecule is Cc1ccc(NC(=O)CSCC(=O)OCC(=O)NCCc2cccs2)c(C)c1. The van der Waals surface area contributed by atoms with Crippen LogP contribution in [-0.2, 0) is 25.5 Å². The number of esters is 1. The lowest BCUT2D eigenvalue weighted by Crippen LogP contribution is -2.30. The molecule has 1 aromatic carbocycles. The van der Waals surface area contributed by atoms with Crippen LogP contribution in [0.5, 0.6) is 0 Å². The summed E-state index contributed by atoms with van der Waals surface area (Å²) < 4.78 is 4.92. The molecule has 2 N–H and O–H groups in total. The lowest BCUT2D eigenvalue weighted by molar-refractivity contribution is -0.145. The molecule has 1 aromatic heterocycles. The van der Waals surface area contributed by atoms with Crippen molar-refractivity contribution in [3.8, 4) is 0 Å². The molecular formula is C20H24N2O4S2. The third-order valence-corrected chi connectivity index (χ3v) is 5.59. The van der Waals surface area contributed by atoms with Gasteiger partial charge in [0.15, 0.2) is 6.61 Å². The fourth-order valence-electron chi connectivity index (χ4n) is 2.39. The van der Waals surface area contributed by atoms with Gasteiger partial charge in [-0.05, 0) is 43.3 Å². The van der Waals surface area contributed by atoms with Gasteiger partial charge in [-0.1, -0.05) is 23.8 Å². The Morgan fingerprint density at radius 3 is 2.64 bits per heavy atom. The number of aryl methyl sites for hydroxylation is 2. The number of rotatable bonds is 10. The van der Waals surface area contributed by atoms with Crippen molar-refractivity contribution in [3.05, 3.63) is 51.7 Å². The van der Waals surface area contributed by atoms with Crippen LogP contribution >= 0.6 is 23.1 Å². The minimum Gasteiger partial charge on any atom is -0.455 e. The number of hydrogen-bond acceptors (Lipinski definition) is 6. The Morgan fingerprint density at radius 1 is 1.11 bits per heavy atom. The summed E-state index contributed by atoms with van der Waals surface area (Å²) in [7, 11) is 0. The van der Waals surface area contributed by atoms with Crippen molar-refractivity contribution < 1.29 is 19.1 Å². The second kappa shape index (κ2) is 11.5. The van der Waals surface area contributed by atoms with Crippen LogP contribution in [0.25, 0.3) is 0 Å². The van der Waals surface area contributed by atoms with Crippen molar-refractivity contribution >= 4 is 46.6 Å². The van der Waals surface area contributed by atoms with Gasteiger partial charge in [-0.3, -0.25) is 14.4 Å². The molecule has 0 unspecified atom stereocenters. The van der Waals surface area contributed by atoms with Crippen molar-refractivity contribution in [3.63, 3.8) is 0 Å². The summed E-state index contributed by atoms with van der Waals surface area (Å²) in [6, 6.07) is 9.75. The first-order chi connectivity index (χ1) is 13.4. The largest absolute Gasteiger partial charge is 0.455 e. The molecule has 0 aliphatic rings. The van der Waals surface area contributed by atoms with E-state index in [0.717, 1.165) is 35.0 Å². The number of thiophene rings is 1. The number of nitrogens with one attached hydrogen (secondary N) is 2. The van der Waals surface area contributed by atoms with E-state index >= 15 is 0 Å². The van der Waals surface area contributed by atoms with E-state index in [1.807, 2.05) is 49.6 Å². The molecule has 6 nitrogen and oxygen atoms in total. The van der Waals surface area contributed by atoms with E-state index in [0.29, 0.717) is 6.54 Å². The maximum atomic E-state index is 12.0. The van der Waals surface area contributed by atoms with Crippen molar-refractivity contribution in [2.75, 3.05) is 30.0 Å². The number of ether oxygens (including phenoxy) is 1. The Kier molecular flexibility index (Phi) is 9.03. The highest BCUT2D eigenvalue weighted by atomic mass is 32.2. The zero-order valence-corrected chi connectivity index (χ0v) is 17.6. The highest BCUT2D eigenvalue weighted by molar-refractivity contribution is 8.00. The summed E-state index contributed by atoms with van der Waals surface area (Å²) in [6.07, 6.45) is 0.753. The second-order valence-electron chi connectivity index (χ2n) is 6.20. The Hall–Kier alpha value is -2.32. The maximum absolute atomic E-state index is 12.0. The van der Waals surface area contributed by atoms with Gasteiger partial charge in [-0.15, -0.1) is 23.1 Å². The van der Waals surface area contributed by atoms with E-state index in [9.17, 15) is 14.4 Å². The Morgan fingerprint density at radius 2 is 1.93 bits per heavy atom. The van der Waals surface area contributed by atoms with Crippen molar-refractivity contribution in [1.82, 2.24) is 5.32 Å². The van der Waals surface area contributed by atoms with E-state index in [2.05, 4.69) is 10.6 Å². The number of carbonyl (C=O) groups is 3. The van der Waals surface area contributed by atoms with Crippen molar-refractivity contribution in [1.29, 1.82) is 0 Å². The van der Waals surface area contributed by atoms with Crippen LogP contribution in [0.4, 0.5) is 5.69 Å². The summed E-state index contributed by atoms with van der Waals surface area (Å²) >= 11 is 2.78. The van der Waals surface area contributed by atoms with Crippen LogP contribution in [0.3, 0.4) is 0 Å². The topological polar surface area (TPSA) is 84.5 Å². The average molecular weight is 421 g/mol. The lowest BCUT2D eigenvalue weighted by Gasteiger charge is -2.09. The molecule has 150 valence electrons. The van der Waals surface area contributed by atoms with Crippen LogP contribution in [0, 0.1) is 13.8 Å². The van der Waals surface area contributed by atoms with Gasteiger partial charge in [0.05, 0.1) is 11.5 Å². The molecule has 0 spiro atoms. The predicted molar refractivity (Wildman–Crippen MR) is 114 cm³/mol. The predicted octanol–water partition coefficient (Wildman–Crippen LogP) is 2.94. The first-order valence-corrected chi connectivity index (χ1v) is 10.9.